The number of thiophene rings is 1. The van der Waals surface area contributed by atoms with Crippen LogP contribution in [0.2, 0.25) is 0 Å². The van der Waals surface area contributed by atoms with E-state index in [0.717, 1.165) is 30.5 Å². The predicted octanol–water partition coefficient (Wildman–Crippen LogP) is 4.10. The summed E-state index contributed by atoms with van der Waals surface area (Å²) in [4.78, 5) is 28.1. The molecule has 0 unspecified atom stereocenters. The number of hydrogen-bond acceptors (Lipinski definition) is 3. The first kappa shape index (κ1) is 19.6. The van der Waals surface area contributed by atoms with Gasteiger partial charge in [0.2, 0.25) is 11.8 Å². The van der Waals surface area contributed by atoms with E-state index < -0.39 is 5.41 Å². The van der Waals surface area contributed by atoms with Crippen molar-refractivity contribution in [2.24, 2.45) is 17.1 Å². The molecule has 1 aromatic heterocycles. The quantitative estimate of drug-likeness (QED) is 0.815. The molecule has 4 nitrogen and oxygen atoms in total. The monoisotopic (exact) mass is 384 g/mol. The molecule has 1 aliphatic heterocycles. The van der Waals surface area contributed by atoms with Gasteiger partial charge in [-0.15, -0.1) is 11.3 Å². The van der Waals surface area contributed by atoms with E-state index in [0.29, 0.717) is 25.3 Å². The molecule has 0 radical (unpaired) electrons. The van der Waals surface area contributed by atoms with Gasteiger partial charge in [-0.05, 0) is 47.8 Å². The number of piperidine rings is 1. The lowest BCUT2D eigenvalue weighted by molar-refractivity contribution is -0.140. The van der Waals surface area contributed by atoms with Gasteiger partial charge in [-0.3, -0.25) is 9.59 Å². The highest BCUT2D eigenvalue weighted by molar-refractivity contribution is 7.13. The zero-order valence-electron chi connectivity index (χ0n) is 16.1. The van der Waals surface area contributed by atoms with E-state index in [9.17, 15) is 9.59 Å². The van der Waals surface area contributed by atoms with Crippen molar-refractivity contribution in [2.45, 2.75) is 39.5 Å². The third-order valence-corrected chi connectivity index (χ3v) is 6.23. The van der Waals surface area contributed by atoms with E-state index in [2.05, 4.69) is 29.6 Å². The van der Waals surface area contributed by atoms with Crippen LogP contribution in [0.15, 0.2) is 41.8 Å². The standard InChI is InChI=1S/C22H28N2O2S/c1-16(2)12-20(25)24-10-5-9-22(15-24,21(23)26)14-17-6-3-7-18(13-17)19-8-4-11-27-19/h3-4,6-8,11,13,16H,5,9-10,12,14-15H2,1-2H3,(H2,23,26)/t22-/m0/s1. The Bertz CT molecular complexity index is 800. The third kappa shape index (κ3) is 4.59. The SMILES string of the molecule is CC(C)CC(=O)N1CCC[C@@](Cc2cccc(-c3cccs3)c2)(C(N)=O)C1. The van der Waals surface area contributed by atoms with Gasteiger partial charge in [-0.1, -0.05) is 44.2 Å². The summed E-state index contributed by atoms with van der Waals surface area (Å²) in [5, 5.41) is 2.06. The van der Waals surface area contributed by atoms with Crippen LogP contribution >= 0.6 is 11.3 Å². The second-order valence-electron chi connectivity index (χ2n) is 8.02. The number of primary amides is 1. The Kier molecular flexibility index (Phi) is 6.00. The molecule has 27 heavy (non-hydrogen) atoms. The zero-order valence-corrected chi connectivity index (χ0v) is 16.9. The molecule has 0 bridgehead atoms. The van der Waals surface area contributed by atoms with Crippen molar-refractivity contribution in [3.05, 3.63) is 47.3 Å². The highest BCUT2D eigenvalue weighted by Crippen LogP contribution is 2.35. The molecule has 0 aliphatic carbocycles. The van der Waals surface area contributed by atoms with Gasteiger partial charge in [0.05, 0.1) is 5.41 Å². The molecule has 2 aromatic rings. The Balaban J connectivity index is 1.82. The van der Waals surface area contributed by atoms with Crippen LogP contribution in [0, 0.1) is 11.3 Å². The number of benzene rings is 1. The third-order valence-electron chi connectivity index (χ3n) is 5.31. The lowest BCUT2D eigenvalue weighted by Gasteiger charge is -2.41. The molecule has 3 rings (SSSR count). The van der Waals surface area contributed by atoms with Gasteiger partial charge in [0.25, 0.3) is 0 Å². The molecule has 1 fully saturated rings. The molecule has 1 saturated heterocycles. The molecule has 1 aliphatic rings. The van der Waals surface area contributed by atoms with Crippen molar-refractivity contribution in [3.63, 3.8) is 0 Å². The second kappa shape index (κ2) is 8.26. The van der Waals surface area contributed by atoms with Crippen LogP contribution in [0.4, 0.5) is 0 Å². The highest BCUT2D eigenvalue weighted by atomic mass is 32.1. The summed E-state index contributed by atoms with van der Waals surface area (Å²) < 4.78 is 0. The molecule has 1 aromatic carbocycles. The molecule has 144 valence electrons. The molecule has 0 spiro atoms. The average Bonchev–Trinajstić information content (AvgIpc) is 3.16. The fraction of sp³-hybridized carbons (Fsp3) is 0.455. The lowest BCUT2D eigenvalue weighted by Crippen LogP contribution is -2.53. The van der Waals surface area contributed by atoms with E-state index in [-0.39, 0.29) is 11.8 Å². The van der Waals surface area contributed by atoms with Crippen molar-refractivity contribution in [2.75, 3.05) is 13.1 Å². The van der Waals surface area contributed by atoms with Gasteiger partial charge >= 0.3 is 0 Å². The molecule has 1 atom stereocenters. The van der Waals surface area contributed by atoms with E-state index in [1.54, 1.807) is 11.3 Å². The summed E-state index contributed by atoms with van der Waals surface area (Å²) in [6.07, 6.45) is 2.64. The Morgan fingerprint density at radius 2 is 2.07 bits per heavy atom. The van der Waals surface area contributed by atoms with Crippen LogP contribution in [-0.4, -0.2) is 29.8 Å². The second-order valence-corrected chi connectivity index (χ2v) is 8.96. The van der Waals surface area contributed by atoms with Gasteiger partial charge in [0.15, 0.2) is 0 Å². The number of likely N-dealkylation sites (tertiary alicyclic amines) is 1. The van der Waals surface area contributed by atoms with E-state index >= 15 is 0 Å². The summed E-state index contributed by atoms with van der Waals surface area (Å²) in [6.45, 7) is 5.23. The number of carbonyl (C=O) groups is 2. The van der Waals surface area contributed by atoms with E-state index in [1.165, 1.54) is 4.88 Å². The minimum absolute atomic E-state index is 0.127. The van der Waals surface area contributed by atoms with Crippen molar-refractivity contribution in [1.29, 1.82) is 0 Å². The minimum Gasteiger partial charge on any atom is -0.369 e. The Hall–Kier alpha value is -2.14. The zero-order chi connectivity index (χ0) is 19.4. The summed E-state index contributed by atoms with van der Waals surface area (Å²) >= 11 is 1.70. The van der Waals surface area contributed by atoms with Crippen LogP contribution < -0.4 is 5.73 Å². The minimum atomic E-state index is -0.682. The van der Waals surface area contributed by atoms with Crippen molar-refractivity contribution in [3.8, 4) is 10.4 Å². The fourth-order valence-electron chi connectivity index (χ4n) is 3.92. The number of carbonyl (C=O) groups excluding carboxylic acids is 2. The Morgan fingerprint density at radius 1 is 1.26 bits per heavy atom. The van der Waals surface area contributed by atoms with E-state index in [4.69, 9.17) is 5.73 Å². The van der Waals surface area contributed by atoms with Gasteiger partial charge in [0, 0.05) is 24.4 Å². The maximum atomic E-state index is 12.6. The van der Waals surface area contributed by atoms with Crippen molar-refractivity contribution >= 4 is 23.2 Å². The van der Waals surface area contributed by atoms with Crippen molar-refractivity contribution in [1.82, 2.24) is 4.90 Å². The molecule has 2 amide bonds. The molecular weight excluding hydrogens is 356 g/mol. The normalized spacial score (nSPS) is 20.0. The summed E-state index contributed by atoms with van der Waals surface area (Å²) in [5.74, 6) is 0.138. The maximum absolute atomic E-state index is 12.6. The number of nitrogens with two attached hydrogens (primary N) is 1. The summed E-state index contributed by atoms with van der Waals surface area (Å²) in [7, 11) is 0. The molecule has 0 saturated carbocycles. The fourth-order valence-corrected chi connectivity index (χ4v) is 4.65. The molecule has 5 heteroatoms. The molecular formula is C22H28N2O2S. The Labute approximate surface area is 165 Å². The summed E-state index contributed by atoms with van der Waals surface area (Å²) in [5.41, 5.74) is 7.44. The van der Waals surface area contributed by atoms with Crippen LogP contribution in [0.5, 0.6) is 0 Å². The van der Waals surface area contributed by atoms with Crippen LogP contribution in [-0.2, 0) is 16.0 Å². The average molecular weight is 385 g/mol. The largest absolute Gasteiger partial charge is 0.369 e. The predicted molar refractivity (Wildman–Crippen MR) is 110 cm³/mol. The van der Waals surface area contributed by atoms with Crippen LogP contribution in [0.25, 0.3) is 10.4 Å². The number of amides is 2. The van der Waals surface area contributed by atoms with Crippen LogP contribution in [0.3, 0.4) is 0 Å². The maximum Gasteiger partial charge on any atom is 0.225 e. The van der Waals surface area contributed by atoms with Gasteiger partial charge < -0.3 is 10.6 Å². The first-order valence-corrected chi connectivity index (χ1v) is 10.5. The van der Waals surface area contributed by atoms with Gasteiger partial charge in [0.1, 0.15) is 0 Å². The summed E-state index contributed by atoms with van der Waals surface area (Å²) in [6, 6.07) is 12.5. The molecule has 2 heterocycles. The van der Waals surface area contributed by atoms with Crippen molar-refractivity contribution < 1.29 is 9.59 Å². The topological polar surface area (TPSA) is 63.4 Å². The van der Waals surface area contributed by atoms with E-state index in [1.807, 2.05) is 30.9 Å². The Morgan fingerprint density at radius 3 is 2.74 bits per heavy atom. The first-order valence-electron chi connectivity index (χ1n) is 9.60. The first-order chi connectivity index (χ1) is 12.9. The van der Waals surface area contributed by atoms with Gasteiger partial charge in [-0.25, -0.2) is 0 Å². The van der Waals surface area contributed by atoms with Crippen LogP contribution in [0.1, 0.15) is 38.7 Å². The highest BCUT2D eigenvalue weighted by Gasteiger charge is 2.42. The molecule has 2 N–H and O–H groups in total. The number of nitrogens with zero attached hydrogens (tertiary/aromatic N) is 1. The smallest absolute Gasteiger partial charge is 0.225 e. The van der Waals surface area contributed by atoms with Gasteiger partial charge in [-0.2, -0.15) is 0 Å². The lowest BCUT2D eigenvalue weighted by atomic mass is 9.74. The number of rotatable bonds is 6. The number of hydrogen-bond donors (Lipinski definition) is 1.